The highest BCUT2D eigenvalue weighted by Crippen LogP contribution is 2.26. The van der Waals surface area contributed by atoms with Gasteiger partial charge >= 0.3 is 5.97 Å². The molecule has 28 N–H and O–H groups in total. The molecule has 3 aliphatic rings. The van der Waals surface area contributed by atoms with E-state index in [1.54, 1.807) is 0 Å². The van der Waals surface area contributed by atoms with Crippen LogP contribution in [0.5, 0.6) is 5.75 Å². The van der Waals surface area contributed by atoms with Crippen molar-refractivity contribution in [3.8, 4) is 5.75 Å². The van der Waals surface area contributed by atoms with Gasteiger partial charge in [0.2, 0.25) is 82.7 Å². The van der Waals surface area contributed by atoms with Crippen molar-refractivity contribution in [1.29, 1.82) is 0 Å². The summed E-state index contributed by atoms with van der Waals surface area (Å²) in [5.41, 5.74) is 29.7. The number of nitrogens with one attached hydrogen (secondary N) is 10. The van der Waals surface area contributed by atoms with Gasteiger partial charge in [-0.25, -0.2) is 4.79 Å². The Kier molecular flexibility index (Phi) is 48.4. The standard InChI is InChI=1S/C83H143N19O24/c1-9-10-11-12-13-14-15-16-17-18-19-23-55-42-63(112)93-66(48(5)103)76(118)90-47(4)72(114)92-57(40-52-26-28-53(107)29-27-52)73(115)95-65(46(2)3)81(123)102-45-54(108)41-59(102)74(116)96-68(50(7)105)78(120)97-69(51(8)106)82(124)101-37-30-60(109)71(101)79(121)98-70(61(110)43-62(88)111)75(117)89-44-64(113)94-67(49(6)104)77(119)91-56(83(125)126-55)24-21-35-100(36-22-32-85)80(122)58(25-20-31-84)99(38-33-86)39-34-87/h26-29,46-51,54-61,65-71,103-110H,9-25,30-45,84-87H2,1-8H3,(H2,88,111)(H,89,117)(H,90,118)(H,91,119)(H,92,114)(H,93,112)(H,94,113)(H,95,115)(H,96,116)(H,97,120)(H,98,121)/t47-,48-,49-,50-,51-,54-,55-,56+,57+,58+,59+,60+,61?,65+,66-,67-,68-,69+,70?,71+/m1/s1. The second kappa shape index (κ2) is 56.0. The lowest BCUT2D eigenvalue weighted by molar-refractivity contribution is -0.155. The Hall–Kier alpha value is -9.41. The normalized spacial score (nSPS) is 26.1. The van der Waals surface area contributed by atoms with Crippen LogP contribution >= 0.6 is 0 Å². The minimum absolute atomic E-state index is 0.00341. The Bertz CT molecular complexity index is 3670. The SMILES string of the molecule is CCCCCCCCCCCCC[C@@H]1CC(=O)N[C@H]([C@@H](C)O)C(=O)N[C@H](C)C(=O)N[C@@H](Cc2ccc(O)cc2)C(=O)N[C@@H](C(C)C)C(=O)N2C[C@H](O)C[C@H]2C(=O)N[C@H]([C@@H](C)O)C(=O)N[C@@H]([C@@H](C)O)C(=O)N2CC[C@H](O)[C@H]2C(=O)NC(C(O)CC(N)=O)C(=O)NCC(=O)N[C@H]([C@@H](C)O)C(=O)N[C@@H](CCCN(CCCN)C(=O)[C@H](CCCN)N(CCN)CCN)C(=O)O1. The van der Waals surface area contributed by atoms with E-state index in [1.807, 2.05) is 4.90 Å². The number of phenolic OH excluding ortho intramolecular Hbond substituents is 1. The topological polar surface area (TPSA) is 690 Å². The Labute approximate surface area is 736 Å². The number of hydrogen-bond donors (Lipinski definition) is 23. The Morgan fingerprint density at radius 2 is 1.03 bits per heavy atom. The van der Waals surface area contributed by atoms with Crippen LogP contribution in [0.1, 0.15) is 196 Å². The summed E-state index contributed by atoms with van der Waals surface area (Å²) < 4.78 is 6.19. The van der Waals surface area contributed by atoms with Crippen LogP contribution < -0.4 is 81.8 Å². The van der Waals surface area contributed by atoms with Gasteiger partial charge in [0.1, 0.15) is 78.3 Å². The number of esters is 1. The monoisotopic (exact) mass is 1790 g/mol. The van der Waals surface area contributed by atoms with Gasteiger partial charge in [-0.05, 0) is 123 Å². The van der Waals surface area contributed by atoms with Gasteiger partial charge in [0, 0.05) is 65.2 Å². The van der Waals surface area contributed by atoms with Crippen molar-refractivity contribution in [2.45, 2.75) is 318 Å². The van der Waals surface area contributed by atoms with Crippen molar-refractivity contribution >= 4 is 88.7 Å². The number of carbonyl (C=O) groups is 15. The number of cyclic esters (lactones) is 1. The molecule has 14 amide bonds. The number of primary amides is 1. The highest BCUT2D eigenvalue weighted by molar-refractivity contribution is 6.00. The average molecular weight is 1790 g/mol. The summed E-state index contributed by atoms with van der Waals surface area (Å²) in [5.74, 6) is -18.0. The van der Waals surface area contributed by atoms with Gasteiger partial charge in [-0.15, -0.1) is 0 Å². The minimum Gasteiger partial charge on any atom is -0.508 e. The molecule has 4 rings (SSSR count). The maximum absolute atomic E-state index is 15.2. The van der Waals surface area contributed by atoms with Gasteiger partial charge in [0.25, 0.3) is 0 Å². The fourth-order valence-electron chi connectivity index (χ4n) is 15.3. The molecule has 43 nitrogen and oxygen atoms in total. The molecule has 714 valence electrons. The highest BCUT2D eigenvalue weighted by Gasteiger charge is 2.49. The van der Waals surface area contributed by atoms with Crippen LogP contribution in [-0.4, -0.2) is 342 Å². The number of nitrogens with zero attached hydrogens (tertiary/aromatic N) is 4. The lowest BCUT2D eigenvalue weighted by Crippen LogP contribution is -2.64. The number of hydrogen-bond acceptors (Lipinski definition) is 29. The molecule has 20 atom stereocenters. The summed E-state index contributed by atoms with van der Waals surface area (Å²) in [4.78, 5) is 221. The Morgan fingerprint density at radius 3 is 1.59 bits per heavy atom. The Morgan fingerprint density at radius 1 is 0.524 bits per heavy atom. The molecule has 0 saturated carbocycles. The molecule has 1 aromatic carbocycles. The number of aromatic hydroxyl groups is 1. The molecular formula is C83H143N19O24. The van der Waals surface area contributed by atoms with E-state index in [0.29, 0.717) is 55.7 Å². The quantitative estimate of drug-likeness (QED) is 0.0216. The van der Waals surface area contributed by atoms with Crippen molar-refractivity contribution in [1.82, 2.24) is 72.8 Å². The van der Waals surface area contributed by atoms with Gasteiger partial charge in [-0.3, -0.25) is 72.0 Å². The van der Waals surface area contributed by atoms with E-state index in [1.165, 1.54) is 49.9 Å². The zero-order chi connectivity index (χ0) is 94.2. The number of amides is 14. The third kappa shape index (κ3) is 35.7. The summed E-state index contributed by atoms with van der Waals surface area (Å²) in [6.45, 7) is 9.93. The minimum atomic E-state index is -2.27. The van der Waals surface area contributed by atoms with Crippen molar-refractivity contribution in [2.24, 2.45) is 34.6 Å². The molecule has 0 spiro atoms. The first-order chi connectivity index (χ1) is 59.6. The molecule has 126 heavy (non-hydrogen) atoms. The second-order valence-electron chi connectivity index (χ2n) is 33.4. The van der Waals surface area contributed by atoms with Gasteiger partial charge < -0.3 is 142 Å². The van der Waals surface area contributed by atoms with E-state index < -0.39 is 249 Å². The van der Waals surface area contributed by atoms with E-state index in [-0.39, 0.29) is 83.0 Å². The zero-order valence-electron chi connectivity index (χ0n) is 74.1. The molecule has 1 aromatic rings. The van der Waals surface area contributed by atoms with Crippen molar-refractivity contribution < 1.29 is 118 Å². The average Bonchev–Trinajstić information content (AvgIpc) is 1.64. The molecule has 0 aliphatic carbocycles. The van der Waals surface area contributed by atoms with E-state index >= 15 is 4.79 Å². The van der Waals surface area contributed by atoms with Crippen molar-refractivity contribution in [3.05, 3.63) is 29.8 Å². The maximum Gasteiger partial charge on any atom is 0.328 e. The van der Waals surface area contributed by atoms with Crippen LogP contribution in [0, 0.1) is 5.92 Å². The lowest BCUT2D eigenvalue weighted by Gasteiger charge is -2.35. The molecule has 3 aliphatic heterocycles. The third-order valence-corrected chi connectivity index (χ3v) is 22.4. The fraction of sp³-hybridized carbons (Fsp3) is 0.747. The number of fused-ring (bicyclic) bond motifs is 2. The van der Waals surface area contributed by atoms with E-state index in [2.05, 4.69) is 60.1 Å². The van der Waals surface area contributed by atoms with Crippen molar-refractivity contribution in [2.75, 3.05) is 72.0 Å². The number of aliphatic hydroxyl groups is 7. The van der Waals surface area contributed by atoms with Crippen LogP contribution in [0.4, 0.5) is 0 Å². The summed E-state index contributed by atoms with van der Waals surface area (Å²) in [6.07, 6.45) is -6.27. The van der Waals surface area contributed by atoms with E-state index in [9.17, 15) is 108 Å². The number of rotatable bonds is 38. The zero-order valence-corrected chi connectivity index (χ0v) is 74.1. The number of benzene rings is 1. The first-order valence-electron chi connectivity index (χ1n) is 44.1. The molecular weight excluding hydrogens is 1650 g/mol. The molecule has 43 heteroatoms. The van der Waals surface area contributed by atoms with Gasteiger partial charge in [-0.2, -0.15) is 0 Å². The summed E-state index contributed by atoms with van der Waals surface area (Å²) in [5, 5.41) is 112. The van der Waals surface area contributed by atoms with Gasteiger partial charge in [0.05, 0.1) is 68.2 Å². The molecule has 0 aromatic heterocycles. The summed E-state index contributed by atoms with van der Waals surface area (Å²) in [7, 11) is 0. The van der Waals surface area contributed by atoms with E-state index in [4.69, 9.17) is 33.4 Å². The number of phenols is 1. The third-order valence-electron chi connectivity index (χ3n) is 22.4. The molecule has 0 bridgehead atoms. The predicted molar refractivity (Wildman–Crippen MR) is 458 cm³/mol. The van der Waals surface area contributed by atoms with Crippen LogP contribution in [0.25, 0.3) is 0 Å². The first kappa shape index (κ1) is 109. The van der Waals surface area contributed by atoms with Gasteiger partial charge in [-0.1, -0.05) is 97.1 Å². The molecule has 3 heterocycles. The predicted octanol–water partition coefficient (Wildman–Crippen LogP) is -6.93. The van der Waals surface area contributed by atoms with Crippen molar-refractivity contribution in [3.63, 3.8) is 0 Å². The Balaban J connectivity index is 1.91. The molecule has 3 saturated heterocycles. The first-order valence-corrected chi connectivity index (χ1v) is 44.1. The second-order valence-corrected chi connectivity index (χ2v) is 33.4. The fourth-order valence-corrected chi connectivity index (χ4v) is 15.3. The van der Waals surface area contributed by atoms with Crippen LogP contribution in [0.2, 0.25) is 0 Å². The van der Waals surface area contributed by atoms with Gasteiger partial charge in [0.15, 0.2) is 0 Å². The largest absolute Gasteiger partial charge is 0.508 e. The summed E-state index contributed by atoms with van der Waals surface area (Å²) >= 11 is 0. The van der Waals surface area contributed by atoms with Crippen LogP contribution in [0.3, 0.4) is 0 Å². The highest BCUT2D eigenvalue weighted by atomic mass is 16.5. The van der Waals surface area contributed by atoms with Crippen LogP contribution in [-0.2, 0) is 83.1 Å². The summed E-state index contributed by atoms with van der Waals surface area (Å²) in [6, 6.07) is -15.7. The van der Waals surface area contributed by atoms with E-state index in [0.717, 1.165) is 90.4 Å². The number of nitrogens with two attached hydrogens (primary N) is 5. The number of carbonyl (C=O) groups excluding carboxylic acids is 15. The number of unbranched alkanes of at least 4 members (excludes halogenated alkanes) is 10. The molecule has 0 radical (unpaired) electrons. The number of ether oxygens (including phenoxy) is 1. The smallest absolute Gasteiger partial charge is 0.328 e. The molecule has 3 fully saturated rings. The number of aliphatic hydroxyl groups excluding tert-OH is 7. The molecule has 2 unspecified atom stereocenters. The maximum atomic E-state index is 15.2. The van der Waals surface area contributed by atoms with Crippen LogP contribution in [0.15, 0.2) is 24.3 Å². The lowest BCUT2D eigenvalue weighted by atomic mass is 9.99.